The number of amides is 1. The highest BCUT2D eigenvalue weighted by Gasteiger charge is 2.39. The van der Waals surface area contributed by atoms with Crippen molar-refractivity contribution in [3.05, 3.63) is 30.1 Å². The van der Waals surface area contributed by atoms with Crippen molar-refractivity contribution in [1.82, 2.24) is 19.8 Å². The van der Waals surface area contributed by atoms with E-state index >= 15 is 0 Å². The van der Waals surface area contributed by atoms with Gasteiger partial charge in [-0.2, -0.15) is 0 Å². The molecule has 0 spiro atoms. The minimum absolute atomic E-state index is 0.145. The Hall–Kier alpha value is -2.02. The van der Waals surface area contributed by atoms with Crippen molar-refractivity contribution in [2.75, 3.05) is 7.05 Å². The summed E-state index contributed by atoms with van der Waals surface area (Å²) in [5.74, 6) is -0.194. The number of aromatic nitrogens is 2. The van der Waals surface area contributed by atoms with E-state index in [0.29, 0.717) is 28.7 Å². The summed E-state index contributed by atoms with van der Waals surface area (Å²) in [6.45, 7) is -0.459. The Bertz CT molecular complexity index is 776. The number of nitrogens with one attached hydrogen (secondary N) is 1. The van der Waals surface area contributed by atoms with Gasteiger partial charge in [-0.05, 0) is 44.9 Å². The third kappa shape index (κ3) is 3.01. The maximum Gasteiger partial charge on any atom is 0.256 e. The van der Waals surface area contributed by atoms with E-state index in [-0.39, 0.29) is 11.9 Å². The zero-order chi connectivity index (χ0) is 17.6. The molecule has 2 saturated heterocycles. The van der Waals surface area contributed by atoms with Crippen LogP contribution in [-0.2, 0) is 6.54 Å². The van der Waals surface area contributed by atoms with Gasteiger partial charge in [-0.25, -0.2) is 13.8 Å². The van der Waals surface area contributed by atoms with Gasteiger partial charge in [0.05, 0.1) is 12.1 Å². The molecule has 2 aromatic rings. The van der Waals surface area contributed by atoms with E-state index < -0.39 is 13.0 Å². The molecule has 2 fully saturated rings. The highest BCUT2D eigenvalue weighted by atomic mass is 19.3. The molecule has 5 nitrogen and oxygen atoms in total. The number of piperidine rings is 1. The van der Waals surface area contributed by atoms with Crippen LogP contribution in [0.25, 0.3) is 11.0 Å². The first-order chi connectivity index (χ1) is 12.0. The number of halogens is 2. The van der Waals surface area contributed by atoms with Crippen LogP contribution >= 0.6 is 0 Å². The van der Waals surface area contributed by atoms with Gasteiger partial charge in [-0.15, -0.1) is 0 Å². The van der Waals surface area contributed by atoms with Gasteiger partial charge in [0.1, 0.15) is 5.65 Å². The molecule has 2 bridgehead atoms. The highest BCUT2D eigenvalue weighted by molar-refractivity contribution is 6.06. The summed E-state index contributed by atoms with van der Waals surface area (Å²) in [6.07, 6.45) is 4.84. The summed E-state index contributed by atoms with van der Waals surface area (Å²) in [4.78, 5) is 19.4. The summed E-state index contributed by atoms with van der Waals surface area (Å²) in [5.41, 5.74) is 0.853. The molecule has 134 valence electrons. The molecular formula is C18H22F2N4O. The molecule has 0 radical (unpaired) electrons. The summed E-state index contributed by atoms with van der Waals surface area (Å²) in [6, 6.07) is 4.70. The van der Waals surface area contributed by atoms with Gasteiger partial charge < -0.3 is 14.8 Å². The number of pyridine rings is 1. The lowest BCUT2D eigenvalue weighted by Crippen LogP contribution is -2.48. The van der Waals surface area contributed by atoms with Crippen LogP contribution in [0.4, 0.5) is 8.78 Å². The Balaban J connectivity index is 1.56. The predicted octanol–water partition coefficient (Wildman–Crippen LogP) is 2.66. The summed E-state index contributed by atoms with van der Waals surface area (Å²) in [7, 11) is 2.16. The average molecular weight is 348 g/mol. The molecule has 2 aromatic heterocycles. The number of rotatable bonds is 4. The van der Waals surface area contributed by atoms with Crippen LogP contribution in [0.3, 0.4) is 0 Å². The van der Waals surface area contributed by atoms with E-state index in [4.69, 9.17) is 0 Å². The van der Waals surface area contributed by atoms with Crippen LogP contribution in [0, 0.1) is 0 Å². The third-order valence-corrected chi connectivity index (χ3v) is 5.65. The SMILES string of the molecule is CN1[C@@H]2CC[C@H]1C[C@H](NC(=O)c1cn(CC(F)F)c3ncccc13)C2. The topological polar surface area (TPSA) is 50.2 Å². The molecule has 2 aliphatic heterocycles. The number of carbonyl (C=O) groups excluding carboxylic acids is 1. The number of hydrogen-bond donors (Lipinski definition) is 1. The zero-order valence-electron chi connectivity index (χ0n) is 14.2. The van der Waals surface area contributed by atoms with Crippen molar-refractivity contribution in [3.8, 4) is 0 Å². The van der Waals surface area contributed by atoms with Crippen molar-refractivity contribution < 1.29 is 13.6 Å². The lowest BCUT2D eigenvalue weighted by atomic mass is 9.97. The second-order valence-electron chi connectivity index (χ2n) is 7.15. The molecule has 0 unspecified atom stereocenters. The molecule has 25 heavy (non-hydrogen) atoms. The molecule has 0 saturated carbocycles. The average Bonchev–Trinajstić information content (AvgIpc) is 3.01. The maximum absolute atomic E-state index is 12.8. The molecule has 2 aliphatic rings. The van der Waals surface area contributed by atoms with E-state index in [1.165, 1.54) is 23.6 Å². The third-order valence-electron chi connectivity index (χ3n) is 5.65. The van der Waals surface area contributed by atoms with Crippen LogP contribution in [0.2, 0.25) is 0 Å². The minimum atomic E-state index is -2.49. The van der Waals surface area contributed by atoms with Crippen molar-refractivity contribution in [2.24, 2.45) is 0 Å². The number of alkyl halides is 2. The predicted molar refractivity (Wildman–Crippen MR) is 90.8 cm³/mol. The summed E-state index contributed by atoms with van der Waals surface area (Å²) >= 11 is 0. The van der Waals surface area contributed by atoms with Crippen molar-refractivity contribution in [3.63, 3.8) is 0 Å². The van der Waals surface area contributed by atoms with Crippen molar-refractivity contribution in [2.45, 2.75) is 56.8 Å². The van der Waals surface area contributed by atoms with Crippen LogP contribution in [0.1, 0.15) is 36.0 Å². The van der Waals surface area contributed by atoms with Gasteiger partial charge in [-0.1, -0.05) is 0 Å². The number of nitrogens with zero attached hydrogens (tertiary/aromatic N) is 3. The summed E-state index contributed by atoms with van der Waals surface area (Å²) < 4.78 is 27.0. The second kappa shape index (κ2) is 6.37. The molecule has 4 heterocycles. The number of carbonyl (C=O) groups is 1. The first kappa shape index (κ1) is 16.4. The fourth-order valence-corrected chi connectivity index (χ4v) is 4.38. The van der Waals surface area contributed by atoms with Gasteiger partial charge in [0, 0.05) is 35.9 Å². The summed E-state index contributed by atoms with van der Waals surface area (Å²) in [5, 5.41) is 3.74. The normalized spacial score (nSPS) is 26.5. The van der Waals surface area contributed by atoms with Gasteiger partial charge in [0.15, 0.2) is 0 Å². The van der Waals surface area contributed by atoms with Crippen LogP contribution in [0.5, 0.6) is 0 Å². The molecule has 0 aliphatic carbocycles. The fourth-order valence-electron chi connectivity index (χ4n) is 4.38. The molecule has 3 atom stereocenters. The standard InChI is InChI=1S/C18H22F2N4O/c1-23-12-4-5-13(23)8-11(7-12)22-18(25)15-9-24(10-16(19)20)17-14(15)3-2-6-21-17/h2-3,6,9,11-13,16H,4-5,7-8,10H2,1H3,(H,22,25)/t11-,12-,13+. The van der Waals surface area contributed by atoms with E-state index in [0.717, 1.165) is 12.8 Å². The van der Waals surface area contributed by atoms with Gasteiger partial charge in [0.2, 0.25) is 0 Å². The molecular weight excluding hydrogens is 326 g/mol. The lowest BCUT2D eigenvalue weighted by molar-refractivity contribution is 0.0882. The Morgan fingerprint density at radius 1 is 1.36 bits per heavy atom. The van der Waals surface area contributed by atoms with Crippen LogP contribution < -0.4 is 5.32 Å². The Morgan fingerprint density at radius 3 is 2.76 bits per heavy atom. The first-order valence-corrected chi connectivity index (χ1v) is 8.77. The van der Waals surface area contributed by atoms with Gasteiger partial charge in [0.25, 0.3) is 12.3 Å². The molecule has 0 aromatic carbocycles. The van der Waals surface area contributed by atoms with Crippen molar-refractivity contribution in [1.29, 1.82) is 0 Å². The Kier molecular flexibility index (Phi) is 4.19. The number of hydrogen-bond acceptors (Lipinski definition) is 3. The van der Waals surface area contributed by atoms with E-state index in [9.17, 15) is 13.6 Å². The van der Waals surface area contributed by atoms with Crippen molar-refractivity contribution >= 4 is 16.9 Å². The zero-order valence-corrected chi connectivity index (χ0v) is 14.2. The molecule has 7 heteroatoms. The highest BCUT2D eigenvalue weighted by Crippen LogP contribution is 2.34. The quantitative estimate of drug-likeness (QED) is 0.924. The number of fused-ring (bicyclic) bond motifs is 3. The van der Waals surface area contributed by atoms with Gasteiger partial charge in [-0.3, -0.25) is 4.79 Å². The Morgan fingerprint density at radius 2 is 2.08 bits per heavy atom. The Labute approximate surface area is 145 Å². The minimum Gasteiger partial charge on any atom is -0.349 e. The molecule has 4 rings (SSSR count). The lowest BCUT2D eigenvalue weighted by Gasteiger charge is -2.36. The maximum atomic E-state index is 12.8. The smallest absolute Gasteiger partial charge is 0.256 e. The molecule has 1 N–H and O–H groups in total. The first-order valence-electron chi connectivity index (χ1n) is 8.77. The van der Waals surface area contributed by atoms with Gasteiger partial charge >= 0.3 is 0 Å². The van der Waals surface area contributed by atoms with E-state index in [2.05, 4.69) is 22.2 Å². The van der Waals surface area contributed by atoms with E-state index in [1.807, 2.05) is 0 Å². The largest absolute Gasteiger partial charge is 0.349 e. The fraction of sp³-hybridized carbons (Fsp3) is 0.556. The van der Waals surface area contributed by atoms with Crippen LogP contribution in [-0.4, -0.2) is 52.0 Å². The molecule has 1 amide bonds. The second-order valence-corrected chi connectivity index (χ2v) is 7.15. The van der Waals surface area contributed by atoms with E-state index in [1.54, 1.807) is 18.3 Å². The van der Waals surface area contributed by atoms with Crippen LogP contribution in [0.15, 0.2) is 24.5 Å². The monoisotopic (exact) mass is 348 g/mol.